The van der Waals surface area contributed by atoms with Crippen LogP contribution in [-0.2, 0) is 27.3 Å². The maximum atomic E-state index is 14.5. The zero-order chi connectivity index (χ0) is 49.1. The zero-order valence-electron chi connectivity index (χ0n) is 40.0. The molecular formula is C52H57N9O6S2. The number of thiazole rings is 1. The minimum absolute atomic E-state index is 0.0244. The summed E-state index contributed by atoms with van der Waals surface area (Å²) in [7, 11) is 0. The monoisotopic (exact) mass is 967 g/mol. The van der Waals surface area contributed by atoms with Gasteiger partial charge < -0.3 is 30.6 Å². The minimum Gasteiger partial charge on any atom is -0.481 e. The van der Waals surface area contributed by atoms with E-state index in [0.29, 0.717) is 23.8 Å². The van der Waals surface area contributed by atoms with Gasteiger partial charge in [-0.25, -0.2) is 4.98 Å². The Morgan fingerprint density at radius 1 is 0.913 bits per heavy atom. The predicted molar refractivity (Wildman–Crippen MR) is 267 cm³/mol. The number of aliphatic imine (C=N–C) groups is 1. The van der Waals surface area contributed by atoms with Gasteiger partial charge in [0.25, 0.3) is 5.91 Å². The van der Waals surface area contributed by atoms with Gasteiger partial charge in [-0.05, 0) is 98.5 Å². The molecule has 2 unspecified atom stereocenters. The highest BCUT2D eigenvalue weighted by atomic mass is 32.1. The number of hydrogen-bond acceptors (Lipinski definition) is 12. The van der Waals surface area contributed by atoms with Gasteiger partial charge in [0, 0.05) is 53.3 Å². The molecule has 0 radical (unpaired) electrons. The first-order chi connectivity index (χ1) is 32.9. The summed E-state index contributed by atoms with van der Waals surface area (Å²) in [4.78, 5) is 69.9. The molecule has 0 bridgehead atoms. The van der Waals surface area contributed by atoms with E-state index in [9.17, 15) is 29.4 Å². The van der Waals surface area contributed by atoms with E-state index in [2.05, 4.69) is 56.7 Å². The Bertz CT molecular complexity index is 3000. The maximum Gasteiger partial charge on any atom is 0.306 e. The molecule has 3 aliphatic rings. The lowest BCUT2D eigenvalue weighted by atomic mass is 9.85. The molecule has 3 aromatic heterocycles. The number of hydrogen-bond donors (Lipinski definition) is 4. The van der Waals surface area contributed by atoms with Gasteiger partial charge in [-0.15, -0.1) is 32.9 Å². The number of aliphatic hydroxyl groups is 1. The Morgan fingerprint density at radius 2 is 1.64 bits per heavy atom. The number of carboxylic acid groups (broad SMARTS) is 1. The topological polar surface area (TPSA) is 195 Å². The van der Waals surface area contributed by atoms with E-state index in [1.54, 1.807) is 28.7 Å². The van der Waals surface area contributed by atoms with Gasteiger partial charge in [0.2, 0.25) is 11.8 Å². The maximum absolute atomic E-state index is 14.5. The van der Waals surface area contributed by atoms with Crippen molar-refractivity contribution in [3.63, 3.8) is 0 Å². The molecule has 5 atom stereocenters. The number of carbonyl (C=O) groups excluding carboxylic acids is 3. The van der Waals surface area contributed by atoms with Crippen molar-refractivity contribution in [2.45, 2.75) is 111 Å². The van der Waals surface area contributed by atoms with Crippen LogP contribution in [0.3, 0.4) is 0 Å². The van der Waals surface area contributed by atoms with Crippen molar-refractivity contribution in [2.24, 2.45) is 10.4 Å². The second-order valence-electron chi connectivity index (χ2n) is 19.5. The Morgan fingerprint density at radius 3 is 2.32 bits per heavy atom. The van der Waals surface area contributed by atoms with Crippen LogP contribution in [0, 0.1) is 33.1 Å². The molecule has 1 saturated heterocycles. The lowest BCUT2D eigenvalue weighted by Gasteiger charge is -2.35. The number of aryl methyl sites for hydroxylation is 3. The van der Waals surface area contributed by atoms with Gasteiger partial charge in [0.05, 0.1) is 40.4 Å². The van der Waals surface area contributed by atoms with E-state index in [1.165, 1.54) is 4.90 Å². The fraction of sp³-hybridized carbons (Fsp3) is 0.385. The number of aliphatic carboxylic acids is 1. The number of carbonyl (C=O) groups is 4. The van der Waals surface area contributed by atoms with E-state index in [1.807, 2.05) is 100 Å². The number of carboxylic acids is 1. The van der Waals surface area contributed by atoms with E-state index in [4.69, 9.17) is 4.99 Å². The van der Waals surface area contributed by atoms with Crippen LogP contribution in [0.2, 0.25) is 0 Å². The highest BCUT2D eigenvalue weighted by Crippen LogP contribution is 2.40. The van der Waals surface area contributed by atoms with Crippen LogP contribution in [0.25, 0.3) is 15.4 Å². The van der Waals surface area contributed by atoms with E-state index in [-0.39, 0.29) is 31.3 Å². The van der Waals surface area contributed by atoms with Gasteiger partial charge in [-0.3, -0.25) is 28.7 Å². The Kier molecular flexibility index (Phi) is 12.9. The van der Waals surface area contributed by atoms with E-state index < -0.39 is 47.4 Å². The van der Waals surface area contributed by atoms with Crippen molar-refractivity contribution in [1.29, 1.82) is 0 Å². The van der Waals surface area contributed by atoms with Crippen LogP contribution in [0.5, 0.6) is 0 Å². The summed E-state index contributed by atoms with van der Waals surface area (Å²) < 4.78 is 1.95. The lowest BCUT2D eigenvalue weighted by molar-refractivity contribution is -0.142. The molecule has 3 aromatic carbocycles. The number of fused-ring (bicyclic) bond motifs is 4. The fourth-order valence-electron chi connectivity index (χ4n) is 9.67. The predicted octanol–water partition coefficient (Wildman–Crippen LogP) is 7.60. The third-order valence-corrected chi connectivity index (χ3v) is 15.8. The van der Waals surface area contributed by atoms with Crippen LogP contribution >= 0.6 is 22.7 Å². The van der Waals surface area contributed by atoms with Crippen molar-refractivity contribution < 1.29 is 29.4 Å². The largest absolute Gasteiger partial charge is 0.481 e. The number of nitrogens with zero attached hydrogens (tertiary/aromatic N) is 7. The van der Waals surface area contributed by atoms with Crippen molar-refractivity contribution in [1.82, 2.24) is 35.3 Å². The molecule has 3 amide bonds. The molecule has 0 spiro atoms. The number of aliphatic hydroxyl groups excluding tert-OH is 1. The van der Waals surface area contributed by atoms with E-state index in [0.717, 1.165) is 83.8 Å². The van der Waals surface area contributed by atoms with Gasteiger partial charge >= 0.3 is 5.97 Å². The molecule has 4 N–H and O–H groups in total. The smallest absolute Gasteiger partial charge is 0.306 e. The van der Waals surface area contributed by atoms with Crippen LogP contribution in [-0.4, -0.2) is 95.5 Å². The minimum atomic E-state index is -0.992. The summed E-state index contributed by atoms with van der Waals surface area (Å²) in [5.41, 5.74) is 11.1. The molecule has 3 aliphatic heterocycles. The van der Waals surface area contributed by atoms with Crippen LogP contribution in [0.1, 0.15) is 119 Å². The molecule has 6 aromatic rings. The van der Waals surface area contributed by atoms with Crippen molar-refractivity contribution in [3.8, 4) is 15.4 Å². The number of aromatic nitrogens is 4. The molecule has 15 nitrogen and oxygen atoms in total. The Labute approximate surface area is 409 Å². The SMILES string of the molecule is Cc1ncsc1-c1ccc(C(C)NC(=O)[C@@H]2C[C@@H](O)CN2C(=O)C(NC(=O)c2ccc3c(c2)CN(c2ccc(C4=N[C@@H](CC(=O)O)c5nnc(C)n5-c5sc(C)c(C)c54)cc2)CC3)C(C)(C)C)cc1. The third-order valence-electron chi connectivity index (χ3n) is 13.6. The first kappa shape index (κ1) is 47.5. The Balaban J connectivity index is 0.891. The van der Waals surface area contributed by atoms with Crippen molar-refractivity contribution in [2.75, 3.05) is 18.0 Å². The third kappa shape index (κ3) is 9.34. The van der Waals surface area contributed by atoms with Gasteiger partial charge in [-0.2, -0.15) is 0 Å². The van der Waals surface area contributed by atoms with Crippen LogP contribution < -0.4 is 15.5 Å². The zero-order valence-corrected chi connectivity index (χ0v) is 41.7. The molecule has 6 heterocycles. The summed E-state index contributed by atoms with van der Waals surface area (Å²) >= 11 is 3.20. The quantitative estimate of drug-likeness (QED) is 0.100. The molecule has 9 rings (SSSR count). The first-order valence-corrected chi connectivity index (χ1v) is 25.0. The van der Waals surface area contributed by atoms with E-state index >= 15 is 0 Å². The standard InChI is InChI=1S/C52H57N9O6S2/c1-27-30(4)69-51-43(27)44(55-40(23-42(63)64)47-58-57-31(5)61(47)51)34-15-17-38(18-16-34)59-20-19-33-11-14-36(21-37(33)24-59)48(65)56-46(52(6,7)8)50(67)60-25-39(62)22-41(60)49(66)54-28(2)32-9-12-35(13-10-32)45-29(3)53-26-68-45/h9-18,21,26,28,39-41,46,62H,19-20,22-25H2,1-8H3,(H,54,66)(H,56,65)(H,63,64)/t28?,39-,40+,41+,46?/m1/s1. The molecular weight excluding hydrogens is 911 g/mol. The highest BCUT2D eigenvalue weighted by Gasteiger charge is 2.45. The molecule has 69 heavy (non-hydrogen) atoms. The molecule has 1 fully saturated rings. The number of nitrogens with one attached hydrogen (secondary N) is 2. The average Bonchev–Trinajstić information content (AvgIpc) is 4.09. The van der Waals surface area contributed by atoms with Crippen LogP contribution in [0.4, 0.5) is 5.69 Å². The summed E-state index contributed by atoms with van der Waals surface area (Å²) in [6.07, 6.45) is -0.266. The van der Waals surface area contributed by atoms with Gasteiger partial charge in [-0.1, -0.05) is 63.2 Å². The van der Waals surface area contributed by atoms with Gasteiger partial charge in [0.1, 0.15) is 29.0 Å². The number of amides is 3. The summed E-state index contributed by atoms with van der Waals surface area (Å²) in [6, 6.07) is 18.8. The number of anilines is 1. The number of benzene rings is 3. The molecule has 358 valence electrons. The normalized spacial score (nSPS) is 18.6. The van der Waals surface area contributed by atoms with Crippen molar-refractivity contribution >= 4 is 57.8 Å². The first-order valence-electron chi connectivity index (χ1n) is 23.3. The molecule has 17 heteroatoms. The van der Waals surface area contributed by atoms with Crippen LogP contribution in [0.15, 0.2) is 77.2 Å². The number of likely N-dealkylation sites (tertiary alicyclic amines) is 1. The Hall–Kier alpha value is -6.56. The summed E-state index contributed by atoms with van der Waals surface area (Å²) in [5, 5.41) is 36.4. The second kappa shape index (κ2) is 18.7. The number of β-amino-alcohol motifs (C(OH)–C–C–N with tert-alkyl or cyclic N) is 1. The summed E-state index contributed by atoms with van der Waals surface area (Å²) in [6.45, 7) is 16.8. The lowest BCUT2D eigenvalue weighted by Crippen LogP contribution is -2.57. The average molecular weight is 968 g/mol. The molecule has 0 aliphatic carbocycles. The summed E-state index contributed by atoms with van der Waals surface area (Å²) in [5.74, 6) is -0.988. The number of thiophene rings is 1. The fourth-order valence-corrected chi connectivity index (χ4v) is 11.7. The number of rotatable bonds is 11. The molecule has 0 saturated carbocycles. The highest BCUT2D eigenvalue weighted by molar-refractivity contribution is 7.15. The van der Waals surface area contributed by atoms with Crippen molar-refractivity contribution in [3.05, 3.63) is 133 Å². The second-order valence-corrected chi connectivity index (χ2v) is 21.5. The van der Waals surface area contributed by atoms with Gasteiger partial charge in [0.15, 0.2) is 5.82 Å².